The van der Waals surface area contributed by atoms with Crippen LogP contribution in [0.4, 0.5) is 0 Å². The van der Waals surface area contributed by atoms with Crippen LogP contribution in [-0.4, -0.2) is 49.2 Å². The normalized spacial score (nSPS) is 12.8. The minimum Gasteiger partial charge on any atom is -0.463 e. The molecule has 0 aliphatic heterocycles. The van der Waals surface area contributed by atoms with Crippen LogP contribution in [0.1, 0.15) is 22.8 Å². The molecule has 2 rings (SSSR count). The fourth-order valence-corrected chi connectivity index (χ4v) is 2.32. The summed E-state index contributed by atoms with van der Waals surface area (Å²) in [4.78, 5) is 14.3. The van der Waals surface area contributed by atoms with Gasteiger partial charge in [-0.15, -0.1) is 0 Å². The topological polar surface area (TPSA) is 65.7 Å². The molecule has 21 heavy (non-hydrogen) atoms. The van der Waals surface area contributed by atoms with Gasteiger partial charge in [-0.05, 0) is 38.2 Å². The smallest absolute Gasteiger partial charge is 0.255 e. The third-order valence-electron chi connectivity index (χ3n) is 3.43. The number of rotatable bonds is 6. The molecule has 0 bridgehead atoms. The van der Waals surface area contributed by atoms with Crippen molar-refractivity contribution in [1.29, 1.82) is 0 Å². The fourth-order valence-electron chi connectivity index (χ4n) is 2.32. The highest BCUT2D eigenvalue weighted by Gasteiger charge is 2.18. The zero-order valence-corrected chi connectivity index (χ0v) is 12.7. The molecule has 0 aliphatic rings. The van der Waals surface area contributed by atoms with Gasteiger partial charge >= 0.3 is 0 Å². The molecule has 1 atom stereocenters. The first-order chi connectivity index (χ1) is 10.0. The van der Waals surface area contributed by atoms with Gasteiger partial charge < -0.3 is 19.7 Å². The van der Waals surface area contributed by atoms with E-state index in [1.54, 1.807) is 0 Å². The van der Waals surface area contributed by atoms with E-state index < -0.39 is 0 Å². The quantitative estimate of drug-likeness (QED) is 0.849. The Labute approximate surface area is 124 Å². The van der Waals surface area contributed by atoms with Crippen molar-refractivity contribution in [2.45, 2.75) is 19.4 Å². The molecule has 0 saturated carbocycles. The monoisotopic (exact) mass is 290 g/mol. The number of nitrogens with zero attached hydrogens (tertiary/aromatic N) is 1. The first-order valence-corrected chi connectivity index (χ1v) is 7.11. The third kappa shape index (κ3) is 3.62. The van der Waals surface area contributed by atoms with Crippen LogP contribution in [0.5, 0.6) is 0 Å². The molecule has 0 unspecified atom stereocenters. The summed E-state index contributed by atoms with van der Waals surface area (Å²) in [7, 11) is 3.80. The van der Waals surface area contributed by atoms with Gasteiger partial charge in [-0.3, -0.25) is 4.79 Å². The average molecular weight is 290 g/mol. The zero-order chi connectivity index (χ0) is 15.4. The number of benzene rings is 1. The second kappa shape index (κ2) is 6.74. The summed E-state index contributed by atoms with van der Waals surface area (Å²) in [6, 6.07) is 5.56. The largest absolute Gasteiger partial charge is 0.463 e. The molecule has 2 N–H and O–H groups in total. The predicted octanol–water partition coefficient (Wildman–Crippen LogP) is 1.65. The van der Waals surface area contributed by atoms with Crippen molar-refractivity contribution in [2.75, 3.05) is 27.2 Å². The highest BCUT2D eigenvalue weighted by atomic mass is 16.3. The lowest BCUT2D eigenvalue weighted by Gasteiger charge is -2.20. The molecule has 5 nitrogen and oxygen atoms in total. The van der Waals surface area contributed by atoms with E-state index in [0.717, 1.165) is 17.4 Å². The number of carbonyl (C=O) groups excluding carboxylic acids is 1. The summed E-state index contributed by atoms with van der Waals surface area (Å²) in [5.74, 6) is -0.220. The lowest BCUT2D eigenvalue weighted by atomic mass is 10.1. The lowest BCUT2D eigenvalue weighted by Crippen LogP contribution is -2.44. The number of nitrogens with one attached hydrogen (secondary N) is 1. The molecule has 1 aromatic carbocycles. The van der Waals surface area contributed by atoms with Gasteiger partial charge in [-0.1, -0.05) is 13.0 Å². The van der Waals surface area contributed by atoms with Gasteiger partial charge in [0.15, 0.2) is 0 Å². The summed E-state index contributed by atoms with van der Waals surface area (Å²) in [6.45, 7) is 2.55. The maximum absolute atomic E-state index is 12.4. The van der Waals surface area contributed by atoms with Crippen molar-refractivity contribution in [3.8, 4) is 0 Å². The number of fused-ring (bicyclic) bond motifs is 1. The summed E-state index contributed by atoms with van der Waals surface area (Å²) in [6.07, 6.45) is 2.38. The maximum atomic E-state index is 12.4. The van der Waals surface area contributed by atoms with E-state index in [2.05, 4.69) is 12.2 Å². The van der Waals surface area contributed by atoms with Crippen molar-refractivity contribution >= 4 is 16.9 Å². The number of amides is 1. The Balaban J connectivity index is 2.22. The molecular formula is C16H22N2O3. The van der Waals surface area contributed by atoms with E-state index in [1.807, 2.05) is 37.2 Å². The van der Waals surface area contributed by atoms with Crippen LogP contribution in [0.15, 0.2) is 28.9 Å². The van der Waals surface area contributed by atoms with Crippen LogP contribution in [-0.2, 0) is 6.42 Å². The van der Waals surface area contributed by atoms with Crippen molar-refractivity contribution in [3.05, 3.63) is 35.6 Å². The highest BCUT2D eigenvalue weighted by molar-refractivity contribution is 6.06. The number of carbonyl (C=O) groups is 1. The molecule has 1 heterocycles. The number of aliphatic hydroxyl groups excluding tert-OH is 1. The molecule has 2 aromatic rings. The van der Waals surface area contributed by atoms with E-state index in [-0.39, 0.29) is 18.6 Å². The van der Waals surface area contributed by atoms with Gasteiger partial charge in [-0.2, -0.15) is 0 Å². The molecule has 0 radical (unpaired) electrons. The standard InChI is InChI=1S/C16H22N2O3/c1-4-11-5-6-15-13(7-11)14(10-21-15)16(20)17-12(9-19)8-18(2)3/h5-7,10,12,19H,4,8-9H2,1-3H3,(H,17,20)/t12-/m0/s1. The lowest BCUT2D eigenvalue weighted by molar-refractivity contribution is 0.0905. The van der Waals surface area contributed by atoms with Crippen LogP contribution in [0.2, 0.25) is 0 Å². The van der Waals surface area contributed by atoms with E-state index >= 15 is 0 Å². The van der Waals surface area contributed by atoms with Gasteiger partial charge in [0, 0.05) is 11.9 Å². The first kappa shape index (κ1) is 15.5. The Morgan fingerprint density at radius 3 is 2.81 bits per heavy atom. The Morgan fingerprint density at radius 2 is 2.19 bits per heavy atom. The van der Waals surface area contributed by atoms with Gasteiger partial charge in [0.2, 0.25) is 0 Å². The maximum Gasteiger partial charge on any atom is 0.255 e. The number of aryl methyl sites for hydroxylation is 1. The zero-order valence-electron chi connectivity index (χ0n) is 12.7. The number of likely N-dealkylation sites (N-methyl/N-ethyl adjacent to an activating group) is 1. The minimum absolute atomic E-state index is 0.0973. The van der Waals surface area contributed by atoms with E-state index in [9.17, 15) is 9.90 Å². The fraction of sp³-hybridized carbons (Fsp3) is 0.438. The van der Waals surface area contributed by atoms with Crippen molar-refractivity contribution in [1.82, 2.24) is 10.2 Å². The van der Waals surface area contributed by atoms with Crippen molar-refractivity contribution < 1.29 is 14.3 Å². The molecule has 0 fully saturated rings. The average Bonchev–Trinajstić information content (AvgIpc) is 2.88. The molecular weight excluding hydrogens is 268 g/mol. The molecule has 1 aromatic heterocycles. The minimum atomic E-state index is -0.299. The van der Waals surface area contributed by atoms with Crippen molar-refractivity contribution in [2.24, 2.45) is 0 Å². The molecule has 1 amide bonds. The second-order valence-electron chi connectivity index (χ2n) is 5.45. The van der Waals surface area contributed by atoms with E-state index in [0.29, 0.717) is 17.7 Å². The van der Waals surface area contributed by atoms with E-state index in [1.165, 1.54) is 6.26 Å². The van der Waals surface area contributed by atoms with Crippen LogP contribution in [0.3, 0.4) is 0 Å². The van der Waals surface area contributed by atoms with Crippen molar-refractivity contribution in [3.63, 3.8) is 0 Å². The SMILES string of the molecule is CCc1ccc2occ(C(=O)N[C@H](CO)CN(C)C)c2c1. The predicted molar refractivity (Wildman–Crippen MR) is 82.5 cm³/mol. The molecule has 114 valence electrons. The Hall–Kier alpha value is -1.85. The number of hydrogen-bond donors (Lipinski definition) is 2. The number of hydrogen-bond acceptors (Lipinski definition) is 4. The van der Waals surface area contributed by atoms with Gasteiger partial charge in [0.05, 0.1) is 18.2 Å². The summed E-state index contributed by atoms with van der Waals surface area (Å²) in [5, 5.41) is 13.0. The molecule has 0 saturated heterocycles. The first-order valence-electron chi connectivity index (χ1n) is 7.11. The van der Waals surface area contributed by atoms with Crippen LogP contribution in [0.25, 0.3) is 11.0 Å². The molecule has 0 aliphatic carbocycles. The summed E-state index contributed by atoms with van der Waals surface area (Å²) < 4.78 is 5.43. The number of furan rings is 1. The van der Waals surface area contributed by atoms with Crippen LogP contribution >= 0.6 is 0 Å². The van der Waals surface area contributed by atoms with Gasteiger partial charge in [-0.25, -0.2) is 0 Å². The van der Waals surface area contributed by atoms with Crippen LogP contribution < -0.4 is 5.32 Å². The van der Waals surface area contributed by atoms with Crippen LogP contribution in [0, 0.1) is 0 Å². The Kier molecular flexibility index (Phi) is 4.98. The van der Waals surface area contributed by atoms with Gasteiger partial charge in [0.1, 0.15) is 11.8 Å². The Morgan fingerprint density at radius 1 is 1.43 bits per heavy atom. The molecule has 0 spiro atoms. The Bertz CT molecular complexity index is 619. The number of aliphatic hydroxyl groups is 1. The van der Waals surface area contributed by atoms with Gasteiger partial charge in [0.25, 0.3) is 5.91 Å². The molecule has 5 heteroatoms. The highest BCUT2D eigenvalue weighted by Crippen LogP contribution is 2.23. The summed E-state index contributed by atoms with van der Waals surface area (Å²) >= 11 is 0. The third-order valence-corrected chi connectivity index (χ3v) is 3.43. The van der Waals surface area contributed by atoms with E-state index in [4.69, 9.17) is 4.42 Å². The second-order valence-corrected chi connectivity index (χ2v) is 5.45. The summed E-state index contributed by atoms with van der Waals surface area (Å²) in [5.41, 5.74) is 2.37.